The number of morpholine rings is 1. The van der Waals surface area contributed by atoms with Gasteiger partial charge in [0.05, 0.1) is 25.3 Å². The van der Waals surface area contributed by atoms with Crippen LogP contribution < -0.4 is 0 Å². The fourth-order valence-corrected chi connectivity index (χ4v) is 2.06. The minimum atomic E-state index is -0.503. The highest BCUT2D eigenvalue weighted by Gasteiger charge is 2.27. The van der Waals surface area contributed by atoms with Crippen LogP contribution in [0.25, 0.3) is 0 Å². The lowest BCUT2D eigenvalue weighted by Gasteiger charge is -2.31. The Labute approximate surface area is 112 Å². The van der Waals surface area contributed by atoms with E-state index in [0.29, 0.717) is 18.7 Å². The van der Waals surface area contributed by atoms with E-state index in [1.807, 2.05) is 12.1 Å². The number of carbonyl (C=O) groups is 1. The zero-order valence-electron chi connectivity index (χ0n) is 10.8. The smallest absolute Gasteiger partial charge is 0.336 e. The fourth-order valence-electron chi connectivity index (χ4n) is 2.06. The summed E-state index contributed by atoms with van der Waals surface area (Å²) in [5.41, 5.74) is 1.77. The predicted molar refractivity (Wildman–Crippen MR) is 68.2 cm³/mol. The lowest BCUT2D eigenvalue weighted by Crippen LogP contribution is -2.46. The van der Waals surface area contributed by atoms with Crippen LogP contribution in [-0.4, -0.2) is 43.8 Å². The van der Waals surface area contributed by atoms with E-state index in [0.717, 1.165) is 18.7 Å². The molecule has 1 atom stereocenters. The number of rotatable bonds is 3. The topological polar surface area (TPSA) is 62.6 Å². The maximum atomic E-state index is 11.4. The Balaban J connectivity index is 1.94. The van der Waals surface area contributed by atoms with E-state index in [1.54, 1.807) is 12.1 Å². The van der Waals surface area contributed by atoms with Gasteiger partial charge in [-0.1, -0.05) is 12.1 Å². The molecule has 0 amide bonds. The van der Waals surface area contributed by atoms with E-state index in [2.05, 4.69) is 11.0 Å². The number of methoxy groups -OCH3 is 1. The average Bonchev–Trinajstić information content (AvgIpc) is 2.47. The minimum Gasteiger partial charge on any atom is -0.467 e. The fraction of sp³-hybridized carbons (Fsp3) is 0.429. The Morgan fingerprint density at radius 3 is 2.89 bits per heavy atom. The van der Waals surface area contributed by atoms with Crippen molar-refractivity contribution in [3.05, 3.63) is 35.4 Å². The molecule has 0 aliphatic carbocycles. The van der Waals surface area contributed by atoms with Crippen molar-refractivity contribution in [1.82, 2.24) is 4.90 Å². The van der Waals surface area contributed by atoms with Crippen molar-refractivity contribution in [3.63, 3.8) is 0 Å². The van der Waals surface area contributed by atoms with E-state index in [-0.39, 0.29) is 5.97 Å². The van der Waals surface area contributed by atoms with Crippen molar-refractivity contribution in [1.29, 1.82) is 5.26 Å². The SMILES string of the molecule is COC(=O)C1CN(Cc2ccc(C#N)cc2)CCO1. The van der Waals surface area contributed by atoms with Gasteiger partial charge in [-0.05, 0) is 17.7 Å². The maximum absolute atomic E-state index is 11.4. The van der Waals surface area contributed by atoms with Gasteiger partial charge in [-0.15, -0.1) is 0 Å². The second-order valence-electron chi connectivity index (χ2n) is 4.43. The van der Waals surface area contributed by atoms with Crippen LogP contribution in [0.2, 0.25) is 0 Å². The van der Waals surface area contributed by atoms with Gasteiger partial charge in [0.2, 0.25) is 0 Å². The summed E-state index contributed by atoms with van der Waals surface area (Å²) in [5, 5.41) is 8.74. The summed E-state index contributed by atoms with van der Waals surface area (Å²) < 4.78 is 10.1. The number of nitriles is 1. The van der Waals surface area contributed by atoms with E-state index >= 15 is 0 Å². The summed E-state index contributed by atoms with van der Waals surface area (Å²) in [6, 6.07) is 9.55. The van der Waals surface area contributed by atoms with Crippen LogP contribution in [0.4, 0.5) is 0 Å². The minimum absolute atomic E-state index is 0.329. The zero-order valence-corrected chi connectivity index (χ0v) is 10.8. The number of esters is 1. The Kier molecular flexibility index (Phi) is 4.50. The third kappa shape index (κ3) is 3.53. The van der Waals surface area contributed by atoms with Gasteiger partial charge in [-0.2, -0.15) is 5.26 Å². The monoisotopic (exact) mass is 260 g/mol. The highest BCUT2D eigenvalue weighted by Crippen LogP contribution is 2.12. The Morgan fingerprint density at radius 1 is 1.53 bits per heavy atom. The van der Waals surface area contributed by atoms with E-state index < -0.39 is 6.10 Å². The molecular weight excluding hydrogens is 244 g/mol. The van der Waals surface area contributed by atoms with Gasteiger partial charge < -0.3 is 9.47 Å². The number of nitrogens with zero attached hydrogens (tertiary/aromatic N) is 2. The molecule has 0 saturated carbocycles. The molecule has 1 fully saturated rings. The van der Waals surface area contributed by atoms with Crippen molar-refractivity contribution in [3.8, 4) is 6.07 Å². The summed E-state index contributed by atoms with van der Waals surface area (Å²) in [5.74, 6) is -0.329. The van der Waals surface area contributed by atoms with Crippen LogP contribution in [0.15, 0.2) is 24.3 Å². The molecule has 0 aromatic heterocycles. The van der Waals surface area contributed by atoms with Crippen LogP contribution in [0, 0.1) is 11.3 Å². The summed E-state index contributed by atoms with van der Waals surface area (Å²) in [4.78, 5) is 13.6. The van der Waals surface area contributed by atoms with Crippen molar-refractivity contribution >= 4 is 5.97 Å². The van der Waals surface area contributed by atoms with Crippen LogP contribution in [0.3, 0.4) is 0 Å². The largest absolute Gasteiger partial charge is 0.467 e. The summed E-state index contributed by atoms with van der Waals surface area (Å²) in [7, 11) is 1.37. The van der Waals surface area contributed by atoms with Gasteiger partial charge in [-0.25, -0.2) is 4.79 Å². The van der Waals surface area contributed by atoms with Crippen molar-refractivity contribution < 1.29 is 14.3 Å². The first-order valence-electron chi connectivity index (χ1n) is 6.14. The van der Waals surface area contributed by atoms with Crippen molar-refractivity contribution in [2.45, 2.75) is 12.6 Å². The Morgan fingerprint density at radius 2 is 2.26 bits per heavy atom. The van der Waals surface area contributed by atoms with Crippen LogP contribution in [-0.2, 0) is 20.8 Å². The highest BCUT2D eigenvalue weighted by molar-refractivity contribution is 5.74. The lowest BCUT2D eigenvalue weighted by atomic mass is 10.1. The summed E-state index contributed by atoms with van der Waals surface area (Å²) in [6.45, 7) is 2.58. The van der Waals surface area contributed by atoms with E-state index in [4.69, 9.17) is 14.7 Å². The van der Waals surface area contributed by atoms with Gasteiger partial charge in [-0.3, -0.25) is 4.90 Å². The second-order valence-corrected chi connectivity index (χ2v) is 4.43. The maximum Gasteiger partial charge on any atom is 0.336 e. The van der Waals surface area contributed by atoms with Crippen molar-refractivity contribution in [2.75, 3.05) is 26.8 Å². The molecule has 0 radical (unpaired) electrons. The standard InChI is InChI=1S/C14H16N2O3/c1-18-14(17)13-10-16(6-7-19-13)9-12-4-2-11(8-15)3-5-12/h2-5,13H,6-7,9-10H2,1H3. The van der Waals surface area contributed by atoms with Gasteiger partial charge in [0.25, 0.3) is 0 Å². The molecule has 1 heterocycles. The lowest BCUT2D eigenvalue weighted by molar-refractivity contribution is -0.160. The number of ether oxygens (including phenoxy) is 2. The van der Waals surface area contributed by atoms with Crippen molar-refractivity contribution in [2.24, 2.45) is 0 Å². The molecule has 1 aromatic carbocycles. The Hall–Kier alpha value is -1.90. The van der Waals surface area contributed by atoms with Gasteiger partial charge in [0.15, 0.2) is 6.10 Å². The molecule has 1 aliphatic heterocycles. The summed E-state index contributed by atoms with van der Waals surface area (Å²) in [6.07, 6.45) is -0.503. The molecule has 19 heavy (non-hydrogen) atoms. The molecular formula is C14H16N2O3. The molecule has 0 N–H and O–H groups in total. The molecule has 1 aromatic rings. The highest BCUT2D eigenvalue weighted by atomic mass is 16.6. The molecule has 2 rings (SSSR count). The first-order chi connectivity index (χ1) is 9.22. The zero-order chi connectivity index (χ0) is 13.7. The predicted octanol–water partition coefficient (Wildman–Crippen LogP) is 0.932. The number of carbonyl (C=O) groups excluding carboxylic acids is 1. The average molecular weight is 260 g/mol. The molecule has 0 bridgehead atoms. The molecule has 5 heteroatoms. The van der Waals surface area contributed by atoms with Crippen LogP contribution in [0.1, 0.15) is 11.1 Å². The van der Waals surface area contributed by atoms with Gasteiger partial charge >= 0.3 is 5.97 Å². The molecule has 1 unspecified atom stereocenters. The van der Waals surface area contributed by atoms with E-state index in [9.17, 15) is 4.79 Å². The number of hydrogen-bond donors (Lipinski definition) is 0. The van der Waals surface area contributed by atoms with Gasteiger partial charge in [0, 0.05) is 19.6 Å². The number of hydrogen-bond acceptors (Lipinski definition) is 5. The first-order valence-corrected chi connectivity index (χ1v) is 6.14. The van der Waals surface area contributed by atoms with Gasteiger partial charge in [0.1, 0.15) is 0 Å². The molecule has 1 saturated heterocycles. The normalized spacial score (nSPS) is 19.7. The molecule has 100 valence electrons. The van der Waals surface area contributed by atoms with Crippen LogP contribution in [0.5, 0.6) is 0 Å². The summed E-state index contributed by atoms with van der Waals surface area (Å²) >= 11 is 0. The molecule has 5 nitrogen and oxygen atoms in total. The van der Waals surface area contributed by atoms with E-state index in [1.165, 1.54) is 7.11 Å². The third-order valence-electron chi connectivity index (χ3n) is 3.10. The first kappa shape index (κ1) is 13.5. The molecule has 0 spiro atoms. The quantitative estimate of drug-likeness (QED) is 0.757. The molecule has 1 aliphatic rings. The second kappa shape index (κ2) is 6.32. The number of benzene rings is 1. The third-order valence-corrected chi connectivity index (χ3v) is 3.10. The van der Waals surface area contributed by atoms with Crippen LogP contribution >= 0.6 is 0 Å². The Bertz CT molecular complexity index is 478.